The Bertz CT molecular complexity index is 901. The second kappa shape index (κ2) is 8.35. The van der Waals surface area contributed by atoms with E-state index in [4.69, 9.17) is 0 Å². The molecule has 0 aliphatic rings. The van der Waals surface area contributed by atoms with E-state index in [1.54, 1.807) is 0 Å². The van der Waals surface area contributed by atoms with Gasteiger partial charge in [-0.1, -0.05) is 44.2 Å². The first-order chi connectivity index (χ1) is 12.9. The van der Waals surface area contributed by atoms with Gasteiger partial charge in [-0.2, -0.15) is 0 Å². The summed E-state index contributed by atoms with van der Waals surface area (Å²) in [6, 6.07) is 18.3. The summed E-state index contributed by atoms with van der Waals surface area (Å²) < 4.78 is 0. The van der Waals surface area contributed by atoms with Crippen molar-refractivity contribution in [3.8, 4) is 0 Å². The zero-order valence-corrected chi connectivity index (χ0v) is 16.9. The highest BCUT2D eigenvalue weighted by molar-refractivity contribution is 7.14. The van der Waals surface area contributed by atoms with Gasteiger partial charge in [0.15, 0.2) is 0 Å². The standard InChI is InChI=1S/C22H25N3OS/c1-14(2)22-24-16(4)20(27-22)21(26)25-19-12-10-18(11-13-19)23-15(3)17-8-6-5-7-9-17/h5-15,23H,1-4H3,(H,25,26). The van der Waals surface area contributed by atoms with Crippen molar-refractivity contribution in [2.75, 3.05) is 10.6 Å². The molecule has 4 nitrogen and oxygen atoms in total. The average molecular weight is 380 g/mol. The number of anilines is 2. The van der Waals surface area contributed by atoms with Crippen molar-refractivity contribution < 1.29 is 4.79 Å². The van der Waals surface area contributed by atoms with Crippen LogP contribution in [0.5, 0.6) is 0 Å². The molecule has 0 radical (unpaired) electrons. The Labute approximate surface area is 164 Å². The van der Waals surface area contributed by atoms with Crippen LogP contribution >= 0.6 is 11.3 Å². The molecule has 0 spiro atoms. The van der Waals surface area contributed by atoms with Gasteiger partial charge in [0.05, 0.1) is 10.7 Å². The van der Waals surface area contributed by atoms with E-state index in [2.05, 4.69) is 48.5 Å². The van der Waals surface area contributed by atoms with Gasteiger partial charge in [-0.05, 0) is 43.7 Å². The van der Waals surface area contributed by atoms with Crippen LogP contribution in [-0.4, -0.2) is 10.9 Å². The fourth-order valence-electron chi connectivity index (χ4n) is 2.79. The maximum Gasteiger partial charge on any atom is 0.267 e. The van der Waals surface area contributed by atoms with Crippen molar-refractivity contribution >= 4 is 28.6 Å². The lowest BCUT2D eigenvalue weighted by atomic mass is 10.1. The SMILES string of the molecule is Cc1nc(C(C)C)sc1C(=O)Nc1ccc(NC(C)c2ccccc2)cc1. The predicted molar refractivity (Wildman–Crippen MR) is 114 cm³/mol. The number of benzene rings is 2. The maximum absolute atomic E-state index is 12.6. The van der Waals surface area contributed by atoms with Crippen LogP contribution in [0.1, 0.15) is 58.7 Å². The molecule has 1 amide bonds. The van der Waals surface area contributed by atoms with E-state index in [1.807, 2.05) is 49.4 Å². The second-order valence-electron chi connectivity index (χ2n) is 6.93. The third kappa shape index (κ3) is 4.74. The topological polar surface area (TPSA) is 54.0 Å². The lowest BCUT2D eigenvalue weighted by Crippen LogP contribution is -2.11. The zero-order valence-electron chi connectivity index (χ0n) is 16.1. The van der Waals surface area contributed by atoms with Crippen LogP contribution in [0.15, 0.2) is 54.6 Å². The van der Waals surface area contributed by atoms with Crippen molar-refractivity contribution in [3.05, 3.63) is 75.7 Å². The summed E-state index contributed by atoms with van der Waals surface area (Å²) in [6.45, 7) is 8.18. The first kappa shape index (κ1) is 19.1. The largest absolute Gasteiger partial charge is 0.379 e. The normalized spacial score (nSPS) is 12.0. The predicted octanol–water partition coefficient (Wildman–Crippen LogP) is 6.00. The van der Waals surface area contributed by atoms with E-state index in [-0.39, 0.29) is 11.9 Å². The molecular weight excluding hydrogens is 354 g/mol. The minimum absolute atomic E-state index is 0.102. The summed E-state index contributed by atoms with van der Waals surface area (Å²) in [5.41, 5.74) is 3.81. The van der Waals surface area contributed by atoms with Crippen LogP contribution in [0.25, 0.3) is 0 Å². The molecular formula is C22H25N3OS. The van der Waals surface area contributed by atoms with Gasteiger partial charge in [-0.3, -0.25) is 4.79 Å². The molecule has 27 heavy (non-hydrogen) atoms. The van der Waals surface area contributed by atoms with Crippen molar-refractivity contribution in [1.82, 2.24) is 4.98 Å². The number of aromatic nitrogens is 1. The fraction of sp³-hybridized carbons (Fsp3) is 0.273. The molecule has 0 aliphatic carbocycles. The first-order valence-corrected chi connectivity index (χ1v) is 9.96. The van der Waals surface area contributed by atoms with Gasteiger partial charge < -0.3 is 10.6 Å². The lowest BCUT2D eigenvalue weighted by Gasteiger charge is -2.16. The molecule has 1 unspecified atom stereocenters. The smallest absolute Gasteiger partial charge is 0.267 e. The van der Waals surface area contributed by atoms with Crippen LogP contribution in [-0.2, 0) is 0 Å². The van der Waals surface area contributed by atoms with Crippen LogP contribution in [0.3, 0.4) is 0 Å². The van der Waals surface area contributed by atoms with E-state index in [9.17, 15) is 4.79 Å². The van der Waals surface area contributed by atoms with Gasteiger partial charge in [0.1, 0.15) is 4.88 Å². The van der Waals surface area contributed by atoms with Crippen molar-refractivity contribution in [2.24, 2.45) is 0 Å². The number of amides is 1. The second-order valence-corrected chi connectivity index (χ2v) is 7.96. The summed E-state index contributed by atoms with van der Waals surface area (Å²) in [6.07, 6.45) is 0. The van der Waals surface area contributed by atoms with Crippen LogP contribution in [0.4, 0.5) is 11.4 Å². The molecule has 3 rings (SSSR count). The van der Waals surface area contributed by atoms with Crippen LogP contribution < -0.4 is 10.6 Å². The van der Waals surface area contributed by atoms with Crippen molar-refractivity contribution in [1.29, 1.82) is 0 Å². The third-order valence-corrected chi connectivity index (χ3v) is 5.80. The molecule has 2 N–H and O–H groups in total. The number of rotatable bonds is 6. The minimum Gasteiger partial charge on any atom is -0.379 e. The summed E-state index contributed by atoms with van der Waals surface area (Å²) in [5.74, 6) is 0.225. The summed E-state index contributed by atoms with van der Waals surface area (Å²) in [7, 11) is 0. The molecule has 0 saturated heterocycles. The highest BCUT2D eigenvalue weighted by Crippen LogP contribution is 2.26. The Morgan fingerprint density at radius 1 is 0.963 bits per heavy atom. The minimum atomic E-state index is -0.102. The monoisotopic (exact) mass is 379 g/mol. The summed E-state index contributed by atoms with van der Waals surface area (Å²) in [5, 5.41) is 7.43. The summed E-state index contributed by atoms with van der Waals surface area (Å²) >= 11 is 1.47. The maximum atomic E-state index is 12.6. The number of hydrogen-bond donors (Lipinski definition) is 2. The lowest BCUT2D eigenvalue weighted by molar-refractivity contribution is 0.103. The Morgan fingerprint density at radius 3 is 2.19 bits per heavy atom. The van der Waals surface area contributed by atoms with E-state index in [1.165, 1.54) is 16.9 Å². The molecule has 2 aromatic carbocycles. The quantitative estimate of drug-likeness (QED) is 0.552. The number of carbonyl (C=O) groups is 1. The number of carbonyl (C=O) groups excluding carboxylic acids is 1. The van der Waals surface area contributed by atoms with Gasteiger partial charge >= 0.3 is 0 Å². The van der Waals surface area contributed by atoms with E-state index in [0.29, 0.717) is 10.8 Å². The molecule has 0 bridgehead atoms. The number of aryl methyl sites for hydroxylation is 1. The van der Waals surface area contributed by atoms with Gasteiger partial charge in [-0.25, -0.2) is 4.98 Å². The molecule has 1 atom stereocenters. The molecule has 140 valence electrons. The van der Waals surface area contributed by atoms with Crippen molar-refractivity contribution in [3.63, 3.8) is 0 Å². The van der Waals surface area contributed by atoms with Crippen molar-refractivity contribution in [2.45, 2.75) is 39.7 Å². The molecule has 5 heteroatoms. The van der Waals surface area contributed by atoms with Crippen LogP contribution in [0.2, 0.25) is 0 Å². The molecule has 1 aromatic heterocycles. The highest BCUT2D eigenvalue weighted by Gasteiger charge is 2.17. The zero-order chi connectivity index (χ0) is 19.4. The molecule has 0 aliphatic heterocycles. The van der Waals surface area contributed by atoms with Gasteiger partial charge in [0.25, 0.3) is 5.91 Å². The van der Waals surface area contributed by atoms with Gasteiger partial charge in [-0.15, -0.1) is 11.3 Å². The number of hydrogen-bond acceptors (Lipinski definition) is 4. The molecule has 0 saturated carbocycles. The molecule has 1 heterocycles. The Balaban J connectivity index is 1.64. The van der Waals surface area contributed by atoms with E-state index in [0.717, 1.165) is 22.1 Å². The Kier molecular flexibility index (Phi) is 5.91. The van der Waals surface area contributed by atoms with Gasteiger partial charge in [0.2, 0.25) is 0 Å². The van der Waals surface area contributed by atoms with Gasteiger partial charge in [0, 0.05) is 23.3 Å². The first-order valence-electron chi connectivity index (χ1n) is 9.14. The average Bonchev–Trinajstić information content (AvgIpc) is 3.06. The fourth-order valence-corrected chi connectivity index (χ4v) is 3.75. The Morgan fingerprint density at radius 2 is 1.59 bits per heavy atom. The van der Waals surface area contributed by atoms with E-state index < -0.39 is 0 Å². The van der Waals surface area contributed by atoms with Crippen LogP contribution in [0, 0.1) is 6.92 Å². The molecule has 0 fully saturated rings. The summed E-state index contributed by atoms with van der Waals surface area (Å²) in [4.78, 5) is 17.7. The Hall–Kier alpha value is -2.66. The third-order valence-electron chi connectivity index (χ3n) is 4.34. The molecule has 3 aromatic rings. The number of nitrogens with one attached hydrogen (secondary N) is 2. The number of thiazole rings is 1. The highest BCUT2D eigenvalue weighted by atomic mass is 32.1. The van der Waals surface area contributed by atoms with E-state index >= 15 is 0 Å². The number of nitrogens with zero attached hydrogens (tertiary/aromatic N) is 1.